The highest BCUT2D eigenvalue weighted by molar-refractivity contribution is 6.00. The minimum atomic E-state index is -0.132. The number of nitrogens with one attached hydrogen (secondary N) is 1. The summed E-state index contributed by atoms with van der Waals surface area (Å²) >= 11 is 0. The topological polar surface area (TPSA) is 108 Å². The molecule has 0 bridgehead atoms. The lowest BCUT2D eigenvalue weighted by Gasteiger charge is -2.32. The van der Waals surface area contributed by atoms with E-state index in [0.29, 0.717) is 49.0 Å². The molecule has 10 heteroatoms. The van der Waals surface area contributed by atoms with E-state index >= 15 is 0 Å². The van der Waals surface area contributed by atoms with Gasteiger partial charge in [-0.1, -0.05) is 5.16 Å². The van der Waals surface area contributed by atoms with Gasteiger partial charge in [-0.3, -0.25) is 14.8 Å². The van der Waals surface area contributed by atoms with Crippen LogP contribution >= 0.6 is 0 Å². The second kappa shape index (κ2) is 9.03. The van der Waals surface area contributed by atoms with Crippen LogP contribution in [0, 0.1) is 0 Å². The Bertz CT molecular complexity index is 1380. The van der Waals surface area contributed by atoms with Crippen LogP contribution < -0.4 is 20.3 Å². The lowest BCUT2D eigenvalue weighted by atomic mass is 10.0. The number of aromatic nitrogens is 4. The van der Waals surface area contributed by atoms with Crippen LogP contribution in [0.4, 0.5) is 0 Å². The summed E-state index contributed by atoms with van der Waals surface area (Å²) in [5.41, 5.74) is 2.71. The maximum absolute atomic E-state index is 13.0. The number of pyridine rings is 3. The first-order valence-electron chi connectivity index (χ1n) is 11.7. The molecule has 0 radical (unpaired) electrons. The van der Waals surface area contributed by atoms with E-state index in [-0.39, 0.29) is 5.56 Å². The van der Waals surface area contributed by atoms with Crippen molar-refractivity contribution in [1.29, 1.82) is 0 Å². The number of ether oxygens (including phenoxy) is 2. The Kier molecular flexibility index (Phi) is 5.60. The van der Waals surface area contributed by atoms with Crippen molar-refractivity contribution in [2.24, 2.45) is 0 Å². The third-order valence-electron chi connectivity index (χ3n) is 6.64. The molecule has 6 rings (SSSR count). The smallest absolute Gasteiger partial charge is 0.281 e. The van der Waals surface area contributed by atoms with Crippen molar-refractivity contribution < 1.29 is 14.0 Å². The Morgan fingerprint density at radius 2 is 1.91 bits per heavy atom. The fraction of sp³-hybridized carbons (Fsp3) is 0.417. The summed E-state index contributed by atoms with van der Waals surface area (Å²) in [7, 11) is 0. The number of likely N-dealkylation sites (tertiary alicyclic amines) is 1. The van der Waals surface area contributed by atoms with Crippen molar-refractivity contribution in [2.75, 3.05) is 32.8 Å². The highest BCUT2D eigenvalue weighted by Crippen LogP contribution is 2.29. The summed E-state index contributed by atoms with van der Waals surface area (Å²) in [6, 6.07) is 6.17. The normalized spacial score (nSPS) is 16.9. The van der Waals surface area contributed by atoms with Gasteiger partial charge in [-0.25, -0.2) is 0 Å². The van der Waals surface area contributed by atoms with E-state index < -0.39 is 0 Å². The summed E-state index contributed by atoms with van der Waals surface area (Å²) in [6.45, 7) is 5.18. The fourth-order valence-corrected chi connectivity index (χ4v) is 4.78. The lowest BCUT2D eigenvalue weighted by molar-refractivity contribution is 0.170. The van der Waals surface area contributed by atoms with Gasteiger partial charge in [0.1, 0.15) is 19.5 Å². The van der Waals surface area contributed by atoms with Gasteiger partial charge in [0.15, 0.2) is 17.0 Å². The number of nitrogens with zero attached hydrogens (tertiary/aromatic N) is 5. The Morgan fingerprint density at radius 3 is 2.79 bits per heavy atom. The van der Waals surface area contributed by atoms with Gasteiger partial charge in [-0.2, -0.15) is 0 Å². The zero-order valence-corrected chi connectivity index (χ0v) is 18.8. The first-order chi connectivity index (χ1) is 16.8. The molecule has 0 saturated carbocycles. The SMILES string of the molecule is O=c1c2nocc2c2ncccc2n1CCN1CCC(NCc2cc3c(cn2)OCCO3)CC1. The minimum Gasteiger partial charge on any atom is -0.486 e. The second-order valence-corrected chi connectivity index (χ2v) is 8.72. The maximum atomic E-state index is 13.0. The van der Waals surface area contributed by atoms with Crippen molar-refractivity contribution in [3.05, 3.63) is 52.9 Å². The van der Waals surface area contributed by atoms with Crippen molar-refractivity contribution in [1.82, 2.24) is 29.9 Å². The molecule has 34 heavy (non-hydrogen) atoms. The summed E-state index contributed by atoms with van der Waals surface area (Å²) < 4.78 is 18.0. The van der Waals surface area contributed by atoms with Crippen molar-refractivity contribution in [3.8, 4) is 11.5 Å². The van der Waals surface area contributed by atoms with Gasteiger partial charge in [-0.15, -0.1) is 0 Å². The molecule has 4 aromatic rings. The zero-order chi connectivity index (χ0) is 22.9. The molecule has 0 spiro atoms. The van der Waals surface area contributed by atoms with Crippen molar-refractivity contribution in [2.45, 2.75) is 32.0 Å². The van der Waals surface area contributed by atoms with Gasteiger partial charge in [-0.05, 0) is 38.1 Å². The van der Waals surface area contributed by atoms with Crippen molar-refractivity contribution in [3.63, 3.8) is 0 Å². The van der Waals surface area contributed by atoms with Crippen LogP contribution in [0.15, 0.2) is 46.2 Å². The third kappa shape index (κ3) is 3.99. The van der Waals surface area contributed by atoms with Crippen LogP contribution in [0.25, 0.3) is 21.9 Å². The molecule has 4 aromatic heterocycles. The first-order valence-corrected chi connectivity index (χ1v) is 11.7. The van der Waals surface area contributed by atoms with Gasteiger partial charge in [0, 0.05) is 37.9 Å². The van der Waals surface area contributed by atoms with E-state index in [0.717, 1.165) is 55.0 Å². The van der Waals surface area contributed by atoms with E-state index in [1.807, 2.05) is 18.2 Å². The Morgan fingerprint density at radius 1 is 1.06 bits per heavy atom. The quantitative estimate of drug-likeness (QED) is 0.460. The minimum absolute atomic E-state index is 0.132. The summed E-state index contributed by atoms with van der Waals surface area (Å²) in [5, 5.41) is 8.20. The highest BCUT2D eigenvalue weighted by Gasteiger charge is 2.21. The second-order valence-electron chi connectivity index (χ2n) is 8.72. The summed E-state index contributed by atoms with van der Waals surface area (Å²) in [6.07, 6.45) is 7.05. The largest absolute Gasteiger partial charge is 0.486 e. The Hall–Kier alpha value is -3.50. The van der Waals surface area contributed by atoms with E-state index in [2.05, 4.69) is 25.3 Å². The van der Waals surface area contributed by atoms with E-state index in [9.17, 15) is 4.79 Å². The van der Waals surface area contributed by atoms with E-state index in [4.69, 9.17) is 14.0 Å². The predicted molar refractivity (Wildman–Crippen MR) is 125 cm³/mol. The van der Waals surface area contributed by atoms with Crippen LogP contribution in [-0.4, -0.2) is 63.5 Å². The molecular weight excluding hydrogens is 436 g/mol. The van der Waals surface area contributed by atoms with Crippen LogP contribution in [0.3, 0.4) is 0 Å². The summed E-state index contributed by atoms with van der Waals surface area (Å²) in [4.78, 5) is 24.3. The van der Waals surface area contributed by atoms with E-state index in [1.165, 1.54) is 6.26 Å². The number of rotatable bonds is 6. The average Bonchev–Trinajstić information content (AvgIpc) is 3.39. The average molecular weight is 463 g/mol. The van der Waals surface area contributed by atoms with Gasteiger partial charge in [0.2, 0.25) is 0 Å². The van der Waals surface area contributed by atoms with Crippen LogP contribution in [0.1, 0.15) is 18.5 Å². The van der Waals surface area contributed by atoms with Crippen LogP contribution in [-0.2, 0) is 13.1 Å². The molecule has 0 aromatic carbocycles. The molecule has 1 fully saturated rings. The van der Waals surface area contributed by atoms with Gasteiger partial charge in [0.25, 0.3) is 5.56 Å². The van der Waals surface area contributed by atoms with Gasteiger partial charge < -0.3 is 28.8 Å². The molecule has 2 aliphatic heterocycles. The van der Waals surface area contributed by atoms with E-state index in [1.54, 1.807) is 17.0 Å². The zero-order valence-electron chi connectivity index (χ0n) is 18.8. The fourth-order valence-electron chi connectivity index (χ4n) is 4.78. The monoisotopic (exact) mass is 462 g/mol. The maximum Gasteiger partial charge on any atom is 0.281 e. The molecule has 1 N–H and O–H groups in total. The Balaban J connectivity index is 1.06. The molecule has 1 saturated heterocycles. The highest BCUT2D eigenvalue weighted by atomic mass is 16.6. The standard InChI is InChI=1S/C24H26N6O4/c31-24-23-18(15-34-28-23)22-19(2-1-5-25-22)30(24)9-8-29-6-3-16(4-7-29)26-13-17-12-20-21(14-27-17)33-11-10-32-20/h1-2,5,12,14-16,26H,3-4,6-11,13H2. The molecular formula is C24H26N6O4. The Labute approximate surface area is 195 Å². The molecule has 0 unspecified atom stereocenters. The van der Waals surface area contributed by atoms with Crippen LogP contribution in [0.2, 0.25) is 0 Å². The molecule has 2 aliphatic rings. The molecule has 176 valence electrons. The summed E-state index contributed by atoms with van der Waals surface area (Å²) in [5.74, 6) is 1.49. The van der Waals surface area contributed by atoms with Gasteiger partial charge in [0.05, 0.1) is 28.3 Å². The molecule has 0 atom stereocenters. The van der Waals surface area contributed by atoms with Crippen molar-refractivity contribution >= 4 is 21.9 Å². The molecule has 0 amide bonds. The third-order valence-corrected chi connectivity index (χ3v) is 6.64. The van der Waals surface area contributed by atoms with Crippen LogP contribution in [0.5, 0.6) is 11.5 Å². The number of hydrogen-bond acceptors (Lipinski definition) is 9. The number of fused-ring (bicyclic) bond motifs is 4. The number of hydrogen-bond donors (Lipinski definition) is 1. The molecule has 0 aliphatic carbocycles. The molecule has 10 nitrogen and oxygen atoms in total. The van der Waals surface area contributed by atoms with Gasteiger partial charge >= 0.3 is 0 Å². The number of piperidine rings is 1. The lowest BCUT2D eigenvalue weighted by Crippen LogP contribution is -2.43. The molecule has 6 heterocycles. The predicted octanol–water partition coefficient (Wildman–Crippen LogP) is 1.96. The first kappa shape index (κ1) is 21.1.